The molecule has 0 saturated heterocycles. The first-order valence-corrected chi connectivity index (χ1v) is 6.07. The lowest BCUT2D eigenvalue weighted by Crippen LogP contribution is -2.06. The van der Waals surface area contributed by atoms with E-state index in [9.17, 15) is 0 Å². The summed E-state index contributed by atoms with van der Waals surface area (Å²) in [6.45, 7) is 0.977. The van der Waals surface area contributed by atoms with E-state index in [1.54, 1.807) is 6.33 Å². The Labute approximate surface area is 96.1 Å². The highest BCUT2D eigenvalue weighted by Gasteiger charge is 2.18. The molecule has 0 atom stereocenters. The van der Waals surface area contributed by atoms with Crippen molar-refractivity contribution in [3.05, 3.63) is 18.1 Å². The van der Waals surface area contributed by atoms with Gasteiger partial charge in [0.1, 0.15) is 12.1 Å². The van der Waals surface area contributed by atoms with E-state index >= 15 is 0 Å². The van der Waals surface area contributed by atoms with Crippen LogP contribution in [0.4, 0.5) is 5.82 Å². The molecule has 0 bridgehead atoms. The minimum Gasteiger partial charge on any atom is -0.396 e. The zero-order valence-corrected chi connectivity index (χ0v) is 9.52. The van der Waals surface area contributed by atoms with Crippen molar-refractivity contribution >= 4 is 5.82 Å². The summed E-state index contributed by atoms with van der Waals surface area (Å²) < 4.78 is 0. The maximum absolute atomic E-state index is 8.70. The number of aliphatic hydroxyl groups excluding tert-OH is 1. The molecule has 1 fully saturated rings. The number of aromatic nitrogens is 2. The number of rotatable bonds is 5. The summed E-state index contributed by atoms with van der Waals surface area (Å²) in [5, 5.41) is 11.9. The predicted octanol–water partition coefficient (Wildman–Crippen LogP) is 1.93. The molecule has 1 aliphatic carbocycles. The lowest BCUT2D eigenvalue weighted by molar-refractivity contribution is 0.292. The first kappa shape index (κ1) is 11.3. The Balaban J connectivity index is 1.95. The Hall–Kier alpha value is -1.16. The number of aliphatic hydroxyl groups is 1. The Morgan fingerprint density at radius 2 is 2.12 bits per heavy atom. The number of nitrogens with zero attached hydrogens (tertiary/aromatic N) is 2. The fourth-order valence-corrected chi connectivity index (χ4v) is 2.21. The van der Waals surface area contributed by atoms with Crippen LogP contribution < -0.4 is 5.32 Å². The molecule has 1 aromatic rings. The second-order valence-electron chi connectivity index (χ2n) is 4.31. The largest absolute Gasteiger partial charge is 0.396 e. The minimum atomic E-state index is 0.216. The summed E-state index contributed by atoms with van der Waals surface area (Å²) in [5.74, 6) is 1.51. The van der Waals surface area contributed by atoms with Crippen LogP contribution in [0.5, 0.6) is 0 Å². The molecule has 88 valence electrons. The Morgan fingerprint density at radius 1 is 1.31 bits per heavy atom. The van der Waals surface area contributed by atoms with E-state index in [2.05, 4.69) is 15.3 Å². The molecule has 4 nitrogen and oxygen atoms in total. The quantitative estimate of drug-likeness (QED) is 0.746. The summed E-state index contributed by atoms with van der Waals surface area (Å²) in [6, 6.07) is 2.05. The Morgan fingerprint density at radius 3 is 2.88 bits per heavy atom. The molecule has 1 aliphatic rings. The Bertz CT molecular complexity index is 324. The molecule has 1 saturated carbocycles. The van der Waals surface area contributed by atoms with Crippen molar-refractivity contribution in [2.75, 3.05) is 18.5 Å². The molecule has 4 heteroatoms. The molecule has 0 aromatic carbocycles. The van der Waals surface area contributed by atoms with Crippen LogP contribution in [0.3, 0.4) is 0 Å². The van der Waals surface area contributed by atoms with E-state index in [0.29, 0.717) is 5.92 Å². The van der Waals surface area contributed by atoms with Crippen molar-refractivity contribution in [1.82, 2.24) is 9.97 Å². The fourth-order valence-electron chi connectivity index (χ4n) is 2.21. The van der Waals surface area contributed by atoms with Crippen LogP contribution in [-0.2, 0) is 0 Å². The molecule has 16 heavy (non-hydrogen) atoms. The highest BCUT2D eigenvalue weighted by atomic mass is 16.3. The van der Waals surface area contributed by atoms with Gasteiger partial charge in [0.15, 0.2) is 0 Å². The van der Waals surface area contributed by atoms with Gasteiger partial charge in [-0.25, -0.2) is 9.97 Å². The van der Waals surface area contributed by atoms with Crippen molar-refractivity contribution in [2.24, 2.45) is 0 Å². The molecule has 0 aliphatic heterocycles. The van der Waals surface area contributed by atoms with Gasteiger partial charge in [-0.2, -0.15) is 0 Å². The first-order chi connectivity index (χ1) is 7.90. The van der Waals surface area contributed by atoms with E-state index in [4.69, 9.17) is 5.11 Å². The van der Waals surface area contributed by atoms with E-state index in [0.717, 1.165) is 18.8 Å². The average molecular weight is 221 g/mol. The van der Waals surface area contributed by atoms with Crippen LogP contribution >= 0.6 is 0 Å². The molecule has 0 amide bonds. The minimum absolute atomic E-state index is 0.216. The summed E-state index contributed by atoms with van der Waals surface area (Å²) in [5.41, 5.74) is 1.17. The van der Waals surface area contributed by atoms with Gasteiger partial charge in [-0.3, -0.25) is 0 Å². The number of hydrogen-bond donors (Lipinski definition) is 2. The molecule has 1 heterocycles. The smallest absolute Gasteiger partial charge is 0.129 e. The molecular weight excluding hydrogens is 202 g/mol. The van der Waals surface area contributed by atoms with E-state index in [1.807, 2.05) is 6.07 Å². The van der Waals surface area contributed by atoms with Crippen LogP contribution in [0, 0.1) is 0 Å². The first-order valence-electron chi connectivity index (χ1n) is 6.07. The van der Waals surface area contributed by atoms with Crippen molar-refractivity contribution in [3.63, 3.8) is 0 Å². The fraction of sp³-hybridized carbons (Fsp3) is 0.667. The third-order valence-corrected chi connectivity index (χ3v) is 3.10. The second-order valence-corrected chi connectivity index (χ2v) is 4.31. The van der Waals surface area contributed by atoms with Crippen molar-refractivity contribution < 1.29 is 5.11 Å². The third kappa shape index (κ3) is 2.92. The topological polar surface area (TPSA) is 58.0 Å². The van der Waals surface area contributed by atoms with Gasteiger partial charge in [-0.05, 0) is 19.3 Å². The van der Waals surface area contributed by atoms with Crippen LogP contribution in [0.1, 0.15) is 43.7 Å². The van der Waals surface area contributed by atoms with E-state index in [-0.39, 0.29) is 6.61 Å². The molecule has 0 spiro atoms. The van der Waals surface area contributed by atoms with Crippen molar-refractivity contribution in [1.29, 1.82) is 0 Å². The molecule has 0 radical (unpaired) electrons. The summed E-state index contributed by atoms with van der Waals surface area (Å²) in [6.07, 6.45) is 7.54. The average Bonchev–Trinajstić information content (AvgIpc) is 2.83. The molecule has 1 aromatic heterocycles. The standard InChI is InChI=1S/C12H19N3O/c16-7-3-6-13-12-8-11(14-9-15-12)10-4-1-2-5-10/h8-10,16H,1-7H2,(H,13,14,15). The Kier molecular flexibility index (Phi) is 4.10. The second kappa shape index (κ2) is 5.80. The van der Waals surface area contributed by atoms with Gasteiger partial charge in [0.05, 0.1) is 0 Å². The van der Waals surface area contributed by atoms with Gasteiger partial charge in [0, 0.05) is 30.8 Å². The molecule has 2 rings (SSSR count). The third-order valence-electron chi connectivity index (χ3n) is 3.10. The molecular formula is C12H19N3O. The highest BCUT2D eigenvalue weighted by molar-refractivity contribution is 5.35. The highest BCUT2D eigenvalue weighted by Crippen LogP contribution is 2.33. The van der Waals surface area contributed by atoms with Gasteiger partial charge in [0.25, 0.3) is 0 Å². The summed E-state index contributed by atoms with van der Waals surface area (Å²) in [7, 11) is 0. The van der Waals surface area contributed by atoms with Gasteiger partial charge in [0.2, 0.25) is 0 Å². The van der Waals surface area contributed by atoms with Gasteiger partial charge >= 0.3 is 0 Å². The number of hydrogen-bond acceptors (Lipinski definition) is 4. The summed E-state index contributed by atoms with van der Waals surface area (Å²) in [4.78, 5) is 8.53. The number of anilines is 1. The van der Waals surface area contributed by atoms with Crippen LogP contribution in [0.25, 0.3) is 0 Å². The normalized spacial score (nSPS) is 16.6. The van der Waals surface area contributed by atoms with Gasteiger partial charge in [-0.15, -0.1) is 0 Å². The predicted molar refractivity (Wildman–Crippen MR) is 63.4 cm³/mol. The molecule has 2 N–H and O–H groups in total. The monoisotopic (exact) mass is 221 g/mol. The van der Waals surface area contributed by atoms with Crippen LogP contribution in [-0.4, -0.2) is 28.2 Å². The zero-order valence-electron chi connectivity index (χ0n) is 9.52. The van der Waals surface area contributed by atoms with Crippen LogP contribution in [0.15, 0.2) is 12.4 Å². The lowest BCUT2D eigenvalue weighted by atomic mass is 10.0. The summed E-state index contributed by atoms with van der Waals surface area (Å²) >= 11 is 0. The number of nitrogens with one attached hydrogen (secondary N) is 1. The molecule has 0 unspecified atom stereocenters. The van der Waals surface area contributed by atoms with E-state index in [1.165, 1.54) is 31.4 Å². The van der Waals surface area contributed by atoms with Gasteiger partial charge < -0.3 is 10.4 Å². The van der Waals surface area contributed by atoms with Crippen LogP contribution in [0.2, 0.25) is 0 Å². The SMILES string of the molecule is OCCCNc1cc(C2CCCC2)ncn1. The maximum atomic E-state index is 8.70. The maximum Gasteiger partial charge on any atom is 0.129 e. The van der Waals surface area contributed by atoms with Crippen molar-refractivity contribution in [3.8, 4) is 0 Å². The zero-order chi connectivity index (χ0) is 11.2. The van der Waals surface area contributed by atoms with Gasteiger partial charge in [-0.1, -0.05) is 12.8 Å². The lowest BCUT2D eigenvalue weighted by Gasteiger charge is -2.10. The van der Waals surface area contributed by atoms with E-state index < -0.39 is 0 Å². The van der Waals surface area contributed by atoms with Crippen molar-refractivity contribution in [2.45, 2.75) is 38.0 Å².